The highest BCUT2D eigenvalue weighted by Crippen LogP contribution is 2.25. The summed E-state index contributed by atoms with van der Waals surface area (Å²) in [4.78, 5) is 16.6. The zero-order valence-corrected chi connectivity index (χ0v) is 18.7. The van der Waals surface area contributed by atoms with Gasteiger partial charge in [-0.25, -0.2) is 0 Å². The molecule has 0 heterocycles. The summed E-state index contributed by atoms with van der Waals surface area (Å²) in [5.74, 6) is 1.63. The van der Waals surface area contributed by atoms with Gasteiger partial charge in [0.25, 0.3) is 0 Å². The topological polar surface area (TPSA) is 86.6 Å². The fourth-order valence-electron chi connectivity index (χ4n) is 3.00. The monoisotopic (exact) mass is 449 g/mol. The number of ether oxygens (including phenoxy) is 3. The number of carboxylic acids is 1. The molecule has 3 rings (SSSR count). The molecule has 0 saturated heterocycles. The molecule has 0 aromatic heterocycles. The van der Waals surface area contributed by atoms with E-state index in [2.05, 4.69) is 5.16 Å². The molecular formula is C26H27NO6. The van der Waals surface area contributed by atoms with Crippen LogP contribution in [0.15, 0.2) is 78.0 Å². The van der Waals surface area contributed by atoms with Gasteiger partial charge in [0, 0.05) is 11.1 Å². The molecule has 0 atom stereocenters. The number of nitrogens with zero attached hydrogens (tertiary/aromatic N) is 1. The van der Waals surface area contributed by atoms with Crippen LogP contribution in [0.5, 0.6) is 23.0 Å². The van der Waals surface area contributed by atoms with E-state index in [4.69, 9.17) is 24.2 Å². The van der Waals surface area contributed by atoms with Gasteiger partial charge < -0.3 is 24.2 Å². The van der Waals surface area contributed by atoms with Crippen LogP contribution in [0.1, 0.15) is 24.5 Å². The minimum atomic E-state index is -0.922. The van der Waals surface area contributed by atoms with Gasteiger partial charge >= 0.3 is 5.97 Å². The predicted octanol–water partition coefficient (Wildman–Crippen LogP) is 5.32. The summed E-state index contributed by atoms with van der Waals surface area (Å²) in [5.41, 5.74) is 1.93. The number of carboxylic acid groups (broad SMARTS) is 1. The van der Waals surface area contributed by atoms with Gasteiger partial charge in [0.1, 0.15) is 41.9 Å². The Hall–Kier alpha value is -4.00. The number of rotatable bonds is 12. The van der Waals surface area contributed by atoms with Gasteiger partial charge in [-0.3, -0.25) is 4.79 Å². The molecule has 0 aliphatic carbocycles. The summed E-state index contributed by atoms with van der Waals surface area (Å²) in [6, 6.07) is 21.8. The first-order valence-corrected chi connectivity index (χ1v) is 10.6. The number of para-hydroxylation sites is 1. The van der Waals surface area contributed by atoms with Crippen molar-refractivity contribution in [1.29, 1.82) is 0 Å². The van der Waals surface area contributed by atoms with Gasteiger partial charge in [-0.15, -0.1) is 0 Å². The summed E-state index contributed by atoms with van der Waals surface area (Å²) < 4.78 is 17.1. The van der Waals surface area contributed by atoms with Gasteiger partial charge in [-0.05, 0) is 48.9 Å². The first-order chi connectivity index (χ1) is 16.1. The van der Waals surface area contributed by atoms with Crippen molar-refractivity contribution in [2.45, 2.75) is 19.8 Å². The second-order valence-corrected chi connectivity index (χ2v) is 7.14. The highest BCUT2D eigenvalue weighted by molar-refractivity contribution is 6.01. The lowest BCUT2D eigenvalue weighted by Crippen LogP contribution is -2.15. The third kappa shape index (κ3) is 7.28. The van der Waals surface area contributed by atoms with Gasteiger partial charge in [-0.1, -0.05) is 42.4 Å². The maximum atomic E-state index is 11.2. The summed E-state index contributed by atoms with van der Waals surface area (Å²) in [5, 5.41) is 13.4. The molecule has 0 bridgehead atoms. The average molecular weight is 450 g/mol. The first-order valence-electron chi connectivity index (χ1n) is 10.6. The molecule has 0 saturated carbocycles. The standard InChI is InChI=1S/C26H27NO6/c1-3-15-32-27-24(18-31-25-10-5-4-7-20(25)17-26(28)29)19-8-6-9-23(16-19)33-22-13-11-21(30-2)12-14-22/h4-14,16H,3,15,17-18H2,1-2H3,(H,28,29)/b27-24+. The van der Waals surface area contributed by atoms with Crippen molar-refractivity contribution in [3.8, 4) is 23.0 Å². The van der Waals surface area contributed by atoms with Crippen molar-refractivity contribution in [1.82, 2.24) is 0 Å². The summed E-state index contributed by atoms with van der Waals surface area (Å²) >= 11 is 0. The summed E-state index contributed by atoms with van der Waals surface area (Å²) in [6.07, 6.45) is 0.694. The van der Waals surface area contributed by atoms with E-state index in [1.54, 1.807) is 31.4 Å². The third-order valence-electron chi connectivity index (χ3n) is 4.61. The number of hydrogen-bond donors (Lipinski definition) is 1. The Morgan fingerprint density at radius 3 is 2.42 bits per heavy atom. The lowest BCUT2D eigenvalue weighted by molar-refractivity contribution is -0.136. The Kier molecular flexibility index (Phi) is 8.71. The van der Waals surface area contributed by atoms with Crippen LogP contribution in [0, 0.1) is 0 Å². The summed E-state index contributed by atoms with van der Waals surface area (Å²) in [7, 11) is 1.61. The Balaban J connectivity index is 1.78. The number of aliphatic carboxylic acids is 1. The maximum absolute atomic E-state index is 11.2. The summed E-state index contributed by atoms with van der Waals surface area (Å²) in [6.45, 7) is 2.57. The average Bonchev–Trinajstić information content (AvgIpc) is 2.82. The third-order valence-corrected chi connectivity index (χ3v) is 4.61. The predicted molar refractivity (Wildman–Crippen MR) is 126 cm³/mol. The van der Waals surface area contributed by atoms with Crippen molar-refractivity contribution >= 4 is 11.7 Å². The zero-order valence-electron chi connectivity index (χ0n) is 18.7. The first kappa shape index (κ1) is 23.7. The highest BCUT2D eigenvalue weighted by Gasteiger charge is 2.12. The number of methoxy groups -OCH3 is 1. The molecule has 0 radical (unpaired) electrons. The molecule has 0 amide bonds. The molecule has 0 aliphatic rings. The molecule has 33 heavy (non-hydrogen) atoms. The zero-order chi connectivity index (χ0) is 23.5. The second-order valence-electron chi connectivity index (χ2n) is 7.14. The van der Waals surface area contributed by atoms with E-state index >= 15 is 0 Å². The van der Waals surface area contributed by atoms with Crippen molar-refractivity contribution in [2.75, 3.05) is 20.3 Å². The minimum Gasteiger partial charge on any atom is -0.497 e. The molecule has 7 nitrogen and oxygen atoms in total. The molecule has 3 aromatic carbocycles. The van der Waals surface area contributed by atoms with Crippen molar-refractivity contribution < 1.29 is 28.9 Å². The van der Waals surface area contributed by atoms with Crippen LogP contribution in [0.25, 0.3) is 0 Å². The van der Waals surface area contributed by atoms with Crippen LogP contribution in [0.4, 0.5) is 0 Å². The lowest BCUT2D eigenvalue weighted by Gasteiger charge is -2.13. The fourth-order valence-corrected chi connectivity index (χ4v) is 3.00. The van der Waals surface area contributed by atoms with E-state index < -0.39 is 5.97 Å². The Morgan fingerprint density at radius 2 is 1.70 bits per heavy atom. The van der Waals surface area contributed by atoms with E-state index in [0.717, 1.165) is 17.7 Å². The Labute approximate surface area is 193 Å². The van der Waals surface area contributed by atoms with Gasteiger partial charge in [0.05, 0.1) is 13.5 Å². The molecule has 0 fully saturated rings. The number of carbonyl (C=O) groups is 1. The SMILES string of the molecule is CCCO/N=C(\COc1ccccc1CC(=O)O)c1cccc(Oc2ccc(OC)cc2)c1. The number of benzene rings is 3. The van der Waals surface area contributed by atoms with Crippen LogP contribution in [-0.2, 0) is 16.1 Å². The van der Waals surface area contributed by atoms with E-state index in [1.807, 2.05) is 55.5 Å². The van der Waals surface area contributed by atoms with E-state index in [1.165, 1.54) is 0 Å². The molecule has 0 unspecified atom stereocenters. The molecular weight excluding hydrogens is 422 g/mol. The van der Waals surface area contributed by atoms with Gasteiger partial charge in [-0.2, -0.15) is 0 Å². The van der Waals surface area contributed by atoms with Gasteiger partial charge in [0.2, 0.25) is 0 Å². The van der Waals surface area contributed by atoms with E-state index in [-0.39, 0.29) is 13.0 Å². The van der Waals surface area contributed by atoms with Gasteiger partial charge in [0.15, 0.2) is 0 Å². The van der Waals surface area contributed by atoms with Crippen molar-refractivity contribution in [3.63, 3.8) is 0 Å². The molecule has 172 valence electrons. The Morgan fingerprint density at radius 1 is 0.939 bits per heavy atom. The molecule has 1 N–H and O–H groups in total. The smallest absolute Gasteiger partial charge is 0.307 e. The normalized spacial score (nSPS) is 11.0. The van der Waals surface area contributed by atoms with E-state index in [9.17, 15) is 4.79 Å². The Bertz CT molecular complexity index is 1080. The van der Waals surface area contributed by atoms with Crippen LogP contribution in [-0.4, -0.2) is 37.1 Å². The van der Waals surface area contributed by atoms with Crippen LogP contribution >= 0.6 is 0 Å². The maximum Gasteiger partial charge on any atom is 0.307 e. The van der Waals surface area contributed by atoms with E-state index in [0.29, 0.717) is 35.1 Å². The van der Waals surface area contributed by atoms with Crippen LogP contribution < -0.4 is 14.2 Å². The molecule has 7 heteroatoms. The highest BCUT2D eigenvalue weighted by atomic mass is 16.6. The van der Waals surface area contributed by atoms with Crippen LogP contribution in [0.2, 0.25) is 0 Å². The van der Waals surface area contributed by atoms with Crippen molar-refractivity contribution in [3.05, 3.63) is 83.9 Å². The van der Waals surface area contributed by atoms with Crippen molar-refractivity contribution in [2.24, 2.45) is 5.16 Å². The fraction of sp³-hybridized carbons (Fsp3) is 0.231. The number of hydrogen-bond acceptors (Lipinski definition) is 6. The molecule has 0 aliphatic heterocycles. The minimum absolute atomic E-state index is 0.104. The van der Waals surface area contributed by atoms with Crippen LogP contribution in [0.3, 0.4) is 0 Å². The lowest BCUT2D eigenvalue weighted by atomic mass is 10.1. The molecule has 3 aromatic rings. The quantitative estimate of drug-likeness (QED) is 0.229. The number of oxime groups is 1. The molecule has 0 spiro atoms. The largest absolute Gasteiger partial charge is 0.497 e. The second kappa shape index (κ2) is 12.1.